The van der Waals surface area contributed by atoms with Gasteiger partial charge < -0.3 is 10.1 Å². The van der Waals surface area contributed by atoms with Crippen LogP contribution >= 0.6 is 0 Å². The maximum Gasteiger partial charge on any atom is 0.281 e. The number of benzene rings is 2. The smallest absolute Gasteiger partial charge is 0.281 e. The van der Waals surface area contributed by atoms with Crippen LogP contribution in [0.15, 0.2) is 48.7 Å². The van der Waals surface area contributed by atoms with Crippen LogP contribution < -0.4 is 10.1 Å². The Morgan fingerprint density at radius 1 is 1.05 bits per heavy atom. The first-order valence-electron chi connectivity index (χ1n) is 11.9. The molecule has 1 N–H and O–H groups in total. The molecular weight excluding hydrogens is 490 g/mol. The Hall–Kier alpha value is -3.56. The van der Waals surface area contributed by atoms with Crippen LogP contribution in [0, 0.1) is 25.2 Å². The molecule has 2 aromatic carbocycles. The van der Waals surface area contributed by atoms with Gasteiger partial charge in [-0.15, -0.1) is 0 Å². The second-order valence-electron chi connectivity index (χ2n) is 9.16. The van der Waals surface area contributed by atoms with E-state index >= 15 is 0 Å². The lowest BCUT2D eigenvalue weighted by Crippen LogP contribution is -2.51. The molecule has 0 aliphatic carbocycles. The van der Waals surface area contributed by atoms with Crippen LogP contribution in [0.1, 0.15) is 22.3 Å². The molecule has 0 saturated carbocycles. The summed E-state index contributed by atoms with van der Waals surface area (Å²) in [5.74, 6) is 1.49. The van der Waals surface area contributed by atoms with Gasteiger partial charge in [-0.2, -0.15) is 27.3 Å². The zero-order valence-electron chi connectivity index (χ0n) is 21.5. The number of piperazine rings is 1. The lowest BCUT2D eigenvalue weighted by molar-refractivity contribution is 0.177. The largest absolute Gasteiger partial charge is 0.438 e. The SMILES string of the molecule is Cc1cc(C#N)cc(C)c1Oc1ccnc(Nc2ccc(CN3CCN(S(=O)(=O)N(C)C)CC3)cc2)n1. The number of aryl methyl sites for hydroxylation is 2. The van der Waals surface area contributed by atoms with Gasteiger partial charge in [-0.3, -0.25) is 4.90 Å². The molecule has 11 heteroatoms. The van der Waals surface area contributed by atoms with Crippen molar-refractivity contribution < 1.29 is 13.2 Å². The van der Waals surface area contributed by atoms with Gasteiger partial charge in [0.25, 0.3) is 10.2 Å². The summed E-state index contributed by atoms with van der Waals surface area (Å²) in [5, 5.41) is 12.4. The van der Waals surface area contributed by atoms with Gasteiger partial charge >= 0.3 is 0 Å². The van der Waals surface area contributed by atoms with E-state index in [1.54, 1.807) is 38.5 Å². The van der Waals surface area contributed by atoms with Crippen molar-refractivity contribution in [3.05, 3.63) is 70.9 Å². The number of nitriles is 1. The number of ether oxygens (including phenoxy) is 1. The van der Waals surface area contributed by atoms with E-state index in [2.05, 4.69) is 26.3 Å². The molecule has 1 aliphatic heterocycles. The average molecular weight is 522 g/mol. The second kappa shape index (κ2) is 11.2. The predicted octanol–water partition coefficient (Wildman–Crippen LogP) is 3.43. The molecule has 0 spiro atoms. The lowest BCUT2D eigenvalue weighted by Gasteiger charge is -2.35. The fraction of sp³-hybridized carbons (Fsp3) is 0.346. The number of hydrogen-bond donors (Lipinski definition) is 1. The van der Waals surface area contributed by atoms with E-state index in [1.165, 1.54) is 8.61 Å². The molecule has 1 aliphatic rings. The third-order valence-corrected chi connectivity index (χ3v) is 8.10. The summed E-state index contributed by atoms with van der Waals surface area (Å²) in [5.41, 5.74) is 4.30. The van der Waals surface area contributed by atoms with Crippen molar-refractivity contribution in [2.24, 2.45) is 0 Å². The number of nitrogens with zero attached hydrogens (tertiary/aromatic N) is 6. The van der Waals surface area contributed by atoms with Crippen molar-refractivity contribution in [3.8, 4) is 17.7 Å². The first-order valence-corrected chi connectivity index (χ1v) is 13.3. The molecule has 1 saturated heterocycles. The van der Waals surface area contributed by atoms with E-state index < -0.39 is 10.2 Å². The van der Waals surface area contributed by atoms with Gasteiger partial charge in [-0.05, 0) is 54.8 Å². The van der Waals surface area contributed by atoms with Crippen LogP contribution in [0.25, 0.3) is 0 Å². The second-order valence-corrected chi connectivity index (χ2v) is 11.3. The highest BCUT2D eigenvalue weighted by molar-refractivity contribution is 7.86. The van der Waals surface area contributed by atoms with Gasteiger partial charge in [0.1, 0.15) is 5.75 Å². The molecule has 0 radical (unpaired) electrons. The van der Waals surface area contributed by atoms with Gasteiger partial charge in [0, 0.05) is 64.8 Å². The van der Waals surface area contributed by atoms with Gasteiger partial charge in [-0.1, -0.05) is 12.1 Å². The van der Waals surface area contributed by atoms with E-state index in [0.29, 0.717) is 49.3 Å². The van der Waals surface area contributed by atoms with Crippen molar-refractivity contribution in [1.29, 1.82) is 5.26 Å². The number of nitrogens with one attached hydrogen (secondary N) is 1. The maximum absolute atomic E-state index is 12.3. The summed E-state index contributed by atoms with van der Waals surface area (Å²) >= 11 is 0. The predicted molar refractivity (Wildman–Crippen MR) is 142 cm³/mol. The third kappa shape index (κ3) is 6.42. The quantitative estimate of drug-likeness (QED) is 0.480. The highest BCUT2D eigenvalue weighted by Crippen LogP contribution is 2.29. The van der Waals surface area contributed by atoms with Crippen LogP contribution in [0.5, 0.6) is 11.6 Å². The highest BCUT2D eigenvalue weighted by atomic mass is 32.2. The third-order valence-electron chi connectivity index (χ3n) is 6.16. The van der Waals surface area contributed by atoms with Crippen LogP contribution in [-0.2, 0) is 16.8 Å². The van der Waals surface area contributed by atoms with Crippen molar-refractivity contribution in [2.75, 3.05) is 45.6 Å². The van der Waals surface area contributed by atoms with Crippen molar-refractivity contribution in [2.45, 2.75) is 20.4 Å². The minimum absolute atomic E-state index is 0.403. The summed E-state index contributed by atoms with van der Waals surface area (Å²) < 4.78 is 33.4. The summed E-state index contributed by atoms with van der Waals surface area (Å²) in [6.45, 7) is 6.89. The number of hydrogen-bond acceptors (Lipinski definition) is 8. The van der Waals surface area contributed by atoms with Crippen molar-refractivity contribution >= 4 is 21.8 Å². The molecule has 10 nitrogen and oxygen atoms in total. The van der Waals surface area contributed by atoms with Crippen LogP contribution in [0.4, 0.5) is 11.6 Å². The fourth-order valence-corrected chi connectivity index (χ4v) is 5.26. The molecule has 1 aromatic heterocycles. The topological polar surface area (TPSA) is 115 Å². The van der Waals surface area contributed by atoms with Crippen LogP contribution in [0.3, 0.4) is 0 Å². The fourth-order valence-electron chi connectivity index (χ4n) is 4.17. The molecule has 0 amide bonds. The van der Waals surface area contributed by atoms with E-state index in [9.17, 15) is 8.42 Å². The Bertz CT molecular complexity index is 1370. The van der Waals surface area contributed by atoms with E-state index in [-0.39, 0.29) is 0 Å². The van der Waals surface area contributed by atoms with Crippen LogP contribution in [-0.4, -0.2) is 72.2 Å². The molecule has 3 aromatic rings. The molecule has 194 valence electrons. The molecule has 2 heterocycles. The Labute approximate surface area is 218 Å². The van der Waals surface area contributed by atoms with Gasteiger partial charge in [-0.25, -0.2) is 4.98 Å². The Kier molecular flexibility index (Phi) is 8.04. The molecule has 0 unspecified atom stereocenters. The summed E-state index contributed by atoms with van der Waals surface area (Å²) in [4.78, 5) is 11.0. The number of anilines is 2. The molecular formula is C26H31N7O3S. The first kappa shape index (κ1) is 26.5. The monoisotopic (exact) mass is 521 g/mol. The zero-order chi connectivity index (χ0) is 26.6. The molecule has 37 heavy (non-hydrogen) atoms. The van der Waals surface area contributed by atoms with E-state index in [1.807, 2.05) is 38.1 Å². The first-order chi connectivity index (χ1) is 17.7. The minimum atomic E-state index is -3.36. The number of rotatable bonds is 8. The summed E-state index contributed by atoms with van der Waals surface area (Å²) in [6.07, 6.45) is 1.63. The van der Waals surface area contributed by atoms with Crippen molar-refractivity contribution in [3.63, 3.8) is 0 Å². The Morgan fingerprint density at radius 2 is 1.70 bits per heavy atom. The lowest BCUT2D eigenvalue weighted by atomic mass is 10.1. The minimum Gasteiger partial charge on any atom is -0.438 e. The number of aromatic nitrogens is 2. The average Bonchev–Trinajstić information content (AvgIpc) is 2.88. The standard InChI is InChI=1S/C26H31N7O3S/c1-19-15-22(17-27)16-20(2)25(19)36-24-9-10-28-26(30-24)29-23-7-5-21(6-8-23)18-32-11-13-33(14-12-32)37(34,35)31(3)4/h5-10,15-16H,11-14,18H2,1-4H3,(H,28,29,30). The van der Waals surface area contributed by atoms with Gasteiger partial charge in [0.2, 0.25) is 11.8 Å². The van der Waals surface area contributed by atoms with Crippen LogP contribution in [0.2, 0.25) is 0 Å². The molecule has 0 bridgehead atoms. The molecule has 1 fully saturated rings. The maximum atomic E-state index is 12.3. The van der Waals surface area contributed by atoms with E-state index in [0.717, 1.165) is 28.9 Å². The van der Waals surface area contributed by atoms with Gasteiger partial charge in [0.05, 0.1) is 11.6 Å². The normalized spacial score (nSPS) is 14.9. The summed E-state index contributed by atoms with van der Waals surface area (Å²) in [7, 11) is -0.244. The highest BCUT2D eigenvalue weighted by Gasteiger charge is 2.28. The van der Waals surface area contributed by atoms with E-state index in [4.69, 9.17) is 10.00 Å². The Balaban J connectivity index is 1.35. The summed E-state index contributed by atoms with van der Waals surface area (Å²) in [6, 6.07) is 15.4. The molecule has 0 atom stereocenters. The zero-order valence-corrected chi connectivity index (χ0v) is 22.3. The van der Waals surface area contributed by atoms with Gasteiger partial charge in [0.15, 0.2) is 0 Å². The molecule has 4 rings (SSSR count). The Morgan fingerprint density at radius 3 is 2.30 bits per heavy atom. The van der Waals surface area contributed by atoms with Crippen molar-refractivity contribution in [1.82, 2.24) is 23.5 Å².